The Morgan fingerprint density at radius 3 is 2.62 bits per heavy atom. The van der Waals surface area contributed by atoms with Gasteiger partial charge in [-0.25, -0.2) is 4.79 Å². The summed E-state index contributed by atoms with van der Waals surface area (Å²) in [5.74, 6) is -0.882. The van der Waals surface area contributed by atoms with Gasteiger partial charge >= 0.3 is 5.97 Å². The van der Waals surface area contributed by atoms with Gasteiger partial charge in [-0.1, -0.05) is 38.7 Å². The van der Waals surface area contributed by atoms with Crippen LogP contribution in [0.4, 0.5) is 0 Å². The Kier molecular flexibility index (Phi) is 5.48. The molecule has 1 saturated carbocycles. The van der Waals surface area contributed by atoms with E-state index >= 15 is 0 Å². The molecule has 0 unspecified atom stereocenters. The average Bonchev–Trinajstić information content (AvgIpc) is 2.50. The molecule has 0 heterocycles. The van der Waals surface area contributed by atoms with Crippen molar-refractivity contribution in [3.63, 3.8) is 0 Å². The van der Waals surface area contributed by atoms with E-state index in [1.54, 1.807) is 6.07 Å². The first-order valence-electron chi connectivity index (χ1n) is 7.87. The Labute approximate surface area is 125 Å². The number of rotatable bonds is 5. The van der Waals surface area contributed by atoms with Crippen molar-refractivity contribution in [3.8, 4) is 11.5 Å². The Morgan fingerprint density at radius 1 is 1.24 bits per heavy atom. The summed E-state index contributed by atoms with van der Waals surface area (Å²) in [5.41, 5.74) is 0.963. The van der Waals surface area contributed by atoms with Crippen LogP contribution >= 0.6 is 0 Å². The Balaban J connectivity index is 2.27. The van der Waals surface area contributed by atoms with Gasteiger partial charge in [-0.05, 0) is 36.8 Å². The van der Waals surface area contributed by atoms with Gasteiger partial charge in [0.25, 0.3) is 0 Å². The van der Waals surface area contributed by atoms with E-state index in [9.17, 15) is 15.0 Å². The lowest BCUT2D eigenvalue weighted by molar-refractivity contribution is 0.0493. The van der Waals surface area contributed by atoms with E-state index in [2.05, 4.69) is 0 Å². The molecule has 0 atom stereocenters. The van der Waals surface area contributed by atoms with Crippen molar-refractivity contribution in [1.82, 2.24) is 0 Å². The largest absolute Gasteiger partial charge is 0.504 e. The molecule has 1 aliphatic carbocycles. The number of carbonyl (C=O) groups excluding carboxylic acids is 1. The van der Waals surface area contributed by atoms with Gasteiger partial charge in [0.05, 0.1) is 6.61 Å². The maximum atomic E-state index is 12.3. The molecule has 1 fully saturated rings. The number of aromatic hydroxyl groups is 2. The highest BCUT2D eigenvalue weighted by Gasteiger charge is 2.26. The van der Waals surface area contributed by atoms with Crippen molar-refractivity contribution in [1.29, 1.82) is 0 Å². The highest BCUT2D eigenvalue weighted by atomic mass is 16.5. The molecule has 0 aromatic heterocycles. The van der Waals surface area contributed by atoms with Gasteiger partial charge in [-0.3, -0.25) is 0 Å². The molecule has 116 valence electrons. The fourth-order valence-corrected chi connectivity index (χ4v) is 2.95. The Hall–Kier alpha value is -1.71. The van der Waals surface area contributed by atoms with Crippen LogP contribution in [-0.4, -0.2) is 22.8 Å². The normalized spacial score (nSPS) is 15.9. The molecule has 1 aliphatic rings. The summed E-state index contributed by atoms with van der Waals surface area (Å²) in [6.45, 7) is 2.36. The monoisotopic (exact) mass is 292 g/mol. The molecule has 0 saturated heterocycles. The van der Waals surface area contributed by atoms with Crippen LogP contribution in [0.25, 0.3) is 0 Å². The van der Waals surface area contributed by atoms with Gasteiger partial charge in [-0.15, -0.1) is 0 Å². The van der Waals surface area contributed by atoms with Crippen LogP contribution in [0.2, 0.25) is 0 Å². The minimum Gasteiger partial charge on any atom is -0.504 e. The number of ether oxygens (including phenoxy) is 1. The van der Waals surface area contributed by atoms with E-state index in [0.717, 1.165) is 44.1 Å². The van der Waals surface area contributed by atoms with Crippen molar-refractivity contribution in [2.24, 2.45) is 0 Å². The van der Waals surface area contributed by atoms with Crippen molar-refractivity contribution in [2.45, 2.75) is 57.8 Å². The lowest BCUT2D eigenvalue weighted by atomic mass is 9.82. The number of carbonyl (C=O) groups is 1. The van der Waals surface area contributed by atoms with E-state index < -0.39 is 5.97 Å². The van der Waals surface area contributed by atoms with Crippen LogP contribution in [0.5, 0.6) is 11.5 Å². The summed E-state index contributed by atoms with van der Waals surface area (Å²) in [6.07, 6.45) is 7.25. The van der Waals surface area contributed by atoms with Crippen molar-refractivity contribution in [2.75, 3.05) is 6.61 Å². The van der Waals surface area contributed by atoms with Gasteiger partial charge in [0.15, 0.2) is 11.5 Å². The molecule has 2 rings (SSSR count). The number of phenolic OH excluding ortho intramolecular Hbond substituents is 2. The van der Waals surface area contributed by atoms with Gasteiger partial charge in [-0.2, -0.15) is 0 Å². The Morgan fingerprint density at radius 2 is 1.95 bits per heavy atom. The number of hydrogen-bond donors (Lipinski definition) is 2. The van der Waals surface area contributed by atoms with Crippen molar-refractivity contribution < 1.29 is 19.7 Å². The third-order valence-corrected chi connectivity index (χ3v) is 4.17. The van der Waals surface area contributed by atoms with E-state index in [4.69, 9.17) is 4.74 Å². The zero-order chi connectivity index (χ0) is 15.2. The molecule has 1 aromatic rings. The second-order valence-electron chi connectivity index (χ2n) is 5.72. The molecule has 0 spiro atoms. The number of benzene rings is 1. The summed E-state index contributed by atoms with van der Waals surface area (Å²) < 4.78 is 5.23. The van der Waals surface area contributed by atoms with Crippen LogP contribution < -0.4 is 0 Å². The van der Waals surface area contributed by atoms with Gasteiger partial charge in [0.1, 0.15) is 5.56 Å². The Bertz CT molecular complexity index is 490. The van der Waals surface area contributed by atoms with Crippen molar-refractivity contribution in [3.05, 3.63) is 23.3 Å². The summed E-state index contributed by atoms with van der Waals surface area (Å²) in [6, 6.07) is 3.21. The lowest BCUT2D eigenvalue weighted by Gasteiger charge is -2.24. The zero-order valence-corrected chi connectivity index (χ0v) is 12.6. The first-order chi connectivity index (χ1) is 10.1. The molecule has 0 amide bonds. The highest BCUT2D eigenvalue weighted by molar-refractivity contribution is 5.95. The lowest BCUT2D eigenvalue weighted by Crippen LogP contribution is -2.14. The fourth-order valence-electron chi connectivity index (χ4n) is 2.95. The predicted molar refractivity (Wildman–Crippen MR) is 80.8 cm³/mol. The summed E-state index contributed by atoms with van der Waals surface area (Å²) >= 11 is 0. The first-order valence-corrected chi connectivity index (χ1v) is 7.87. The molecule has 1 aromatic carbocycles. The summed E-state index contributed by atoms with van der Waals surface area (Å²) in [4.78, 5) is 12.3. The predicted octanol–water partition coefficient (Wildman–Crippen LogP) is 4.10. The van der Waals surface area contributed by atoms with Crippen LogP contribution in [-0.2, 0) is 4.74 Å². The molecular weight excluding hydrogens is 268 g/mol. The van der Waals surface area contributed by atoms with Gasteiger partial charge in [0.2, 0.25) is 0 Å². The second kappa shape index (κ2) is 7.34. The summed E-state index contributed by atoms with van der Waals surface area (Å²) in [5, 5.41) is 19.8. The van der Waals surface area contributed by atoms with E-state index in [-0.39, 0.29) is 23.0 Å². The molecule has 21 heavy (non-hydrogen) atoms. The molecule has 0 radical (unpaired) electrons. The zero-order valence-electron chi connectivity index (χ0n) is 12.6. The maximum Gasteiger partial charge on any atom is 0.342 e. The van der Waals surface area contributed by atoms with E-state index in [1.165, 1.54) is 12.5 Å². The molecule has 4 heteroatoms. The second-order valence-corrected chi connectivity index (χ2v) is 5.72. The standard InChI is InChI=1S/C17H24O4/c1-2-3-11-21-17(20)15-13(9-10-14(18)16(15)19)12-7-5-4-6-8-12/h9-10,12,18-19H,2-8,11H2,1H3. The number of hydrogen-bond acceptors (Lipinski definition) is 4. The quantitative estimate of drug-likeness (QED) is 0.487. The van der Waals surface area contributed by atoms with E-state index in [1.807, 2.05) is 6.92 Å². The van der Waals surface area contributed by atoms with E-state index in [0.29, 0.717) is 6.61 Å². The average molecular weight is 292 g/mol. The van der Waals surface area contributed by atoms with Crippen molar-refractivity contribution >= 4 is 5.97 Å². The third kappa shape index (κ3) is 3.69. The smallest absolute Gasteiger partial charge is 0.342 e. The SMILES string of the molecule is CCCCOC(=O)c1c(C2CCCCC2)ccc(O)c1O. The molecule has 0 bridgehead atoms. The fraction of sp³-hybridized carbons (Fsp3) is 0.588. The van der Waals surface area contributed by atoms with Crippen LogP contribution in [0.1, 0.15) is 73.7 Å². The number of esters is 1. The maximum absolute atomic E-state index is 12.3. The minimum absolute atomic E-state index is 0.151. The topological polar surface area (TPSA) is 66.8 Å². The molecule has 2 N–H and O–H groups in total. The highest BCUT2D eigenvalue weighted by Crippen LogP contribution is 2.40. The molecule has 0 aliphatic heterocycles. The number of unbranched alkanes of at least 4 members (excludes halogenated alkanes) is 1. The van der Waals surface area contributed by atoms with Gasteiger partial charge in [0, 0.05) is 0 Å². The molecular formula is C17H24O4. The van der Waals surface area contributed by atoms with Crippen LogP contribution in [0, 0.1) is 0 Å². The first kappa shape index (κ1) is 15.7. The minimum atomic E-state index is -0.530. The molecule has 4 nitrogen and oxygen atoms in total. The number of phenols is 2. The van der Waals surface area contributed by atoms with Crippen LogP contribution in [0.3, 0.4) is 0 Å². The van der Waals surface area contributed by atoms with Crippen LogP contribution in [0.15, 0.2) is 12.1 Å². The van der Waals surface area contributed by atoms with Gasteiger partial charge < -0.3 is 14.9 Å². The summed E-state index contributed by atoms with van der Waals surface area (Å²) in [7, 11) is 0. The third-order valence-electron chi connectivity index (χ3n) is 4.17.